The van der Waals surface area contributed by atoms with Gasteiger partial charge in [0.25, 0.3) is 0 Å². The fourth-order valence-electron chi connectivity index (χ4n) is 7.34. The van der Waals surface area contributed by atoms with Crippen LogP contribution in [0.4, 0.5) is 0 Å². The average molecular weight is 659 g/mol. The van der Waals surface area contributed by atoms with E-state index in [4.69, 9.17) is 19.8 Å². The minimum atomic E-state index is -0.736. The van der Waals surface area contributed by atoms with E-state index in [9.17, 15) is 19.2 Å². The molecule has 244 valence electrons. The zero-order valence-corrected chi connectivity index (χ0v) is 29.6. The number of aromatic amines is 2. The van der Waals surface area contributed by atoms with Gasteiger partial charge in [0.2, 0.25) is 5.78 Å². The van der Waals surface area contributed by atoms with Crippen molar-refractivity contribution in [1.29, 1.82) is 0 Å². The monoisotopic (exact) mass is 658 g/mol. The van der Waals surface area contributed by atoms with E-state index < -0.39 is 17.8 Å². The van der Waals surface area contributed by atoms with Crippen LogP contribution in [0.25, 0.3) is 35.2 Å². The van der Waals surface area contributed by atoms with Gasteiger partial charge in [-0.05, 0) is 73.8 Å². The van der Waals surface area contributed by atoms with Gasteiger partial charge in [0.1, 0.15) is 5.57 Å². The van der Waals surface area contributed by atoms with Crippen LogP contribution in [0, 0.1) is 25.7 Å². The maximum Gasteiger partial charge on any atom is 2.00 e. The normalized spacial score (nSPS) is 21.6. The summed E-state index contributed by atoms with van der Waals surface area (Å²) in [5.41, 5.74) is 7.82. The number of esters is 2. The number of hydrogen-bond donors (Lipinski definition) is 2. The number of nitrogens with one attached hydrogen (secondary N) is 2. The van der Waals surface area contributed by atoms with Crippen molar-refractivity contribution in [2.24, 2.45) is 11.8 Å². The first-order valence-electron chi connectivity index (χ1n) is 16.0. The number of nitrogens with zero attached hydrogens (tertiary/aromatic N) is 2. The summed E-state index contributed by atoms with van der Waals surface area (Å²) < 4.78 is 10.4. The number of methoxy groups -OCH3 is 1. The number of hydrogen-bond acceptors (Lipinski definition) is 6. The molecule has 3 aliphatic rings. The number of H-pyrrole nitrogens is 2. The molecule has 3 atom stereocenters. The van der Waals surface area contributed by atoms with E-state index >= 15 is 0 Å². The van der Waals surface area contributed by atoms with Crippen LogP contribution >= 0.6 is 0 Å². The summed E-state index contributed by atoms with van der Waals surface area (Å²) in [6.07, 6.45) is 9.47. The molecule has 0 saturated carbocycles. The van der Waals surface area contributed by atoms with Gasteiger partial charge in [-0.25, -0.2) is 4.79 Å². The first-order valence-corrected chi connectivity index (χ1v) is 16.0. The van der Waals surface area contributed by atoms with Crippen molar-refractivity contribution in [3.05, 3.63) is 90.0 Å². The Balaban J connectivity index is 0.00000451. The zero-order chi connectivity index (χ0) is 33.7. The van der Waals surface area contributed by atoms with Crippen LogP contribution < -0.4 is 15.7 Å². The molecule has 0 radical (unpaired) electrons. The molecule has 0 spiro atoms. The molecule has 1 unspecified atom stereocenters. The maximum atomic E-state index is 14.1. The van der Waals surface area contributed by atoms with E-state index in [2.05, 4.69) is 16.5 Å². The molecule has 48 heavy (non-hydrogen) atoms. The average Bonchev–Trinajstić information content (AvgIpc) is 3.80. The molecule has 10 nitrogen and oxygen atoms in total. The summed E-state index contributed by atoms with van der Waals surface area (Å²) in [6, 6.07) is -0.631. The van der Waals surface area contributed by atoms with Crippen LogP contribution in [-0.2, 0) is 25.5 Å². The van der Waals surface area contributed by atoms with Crippen molar-refractivity contribution in [2.75, 3.05) is 13.7 Å². The Morgan fingerprint density at radius 1 is 1.04 bits per heavy atom. The van der Waals surface area contributed by atoms with Crippen LogP contribution in [0.5, 0.6) is 0 Å². The van der Waals surface area contributed by atoms with E-state index in [0.717, 1.165) is 34.0 Å². The van der Waals surface area contributed by atoms with Gasteiger partial charge in [0.05, 0.1) is 25.0 Å². The molecule has 1 saturated heterocycles. The predicted molar refractivity (Wildman–Crippen MR) is 185 cm³/mol. The smallest absolute Gasteiger partial charge is 0.681 e. The first kappa shape index (κ1) is 35.0. The Hall–Kier alpha value is -4.35. The SMILES string of the molecule is C=Cc1c2[n-]c(c1C)/C=C1\[N-]C(C3=C(C(=O)OC)C(=O)c4c3[nH]c(c4C)/C=c3\[nH]/c(c(C=O)c3CC)=C\2)[C@@H](CCC(=O)OCC)[C@@H]1C.[Mg+2]. The summed E-state index contributed by atoms with van der Waals surface area (Å²) >= 11 is 0. The quantitative estimate of drug-likeness (QED) is 0.161. The topological polar surface area (TPSA) is 147 Å². The molecule has 2 aliphatic heterocycles. The van der Waals surface area contributed by atoms with Gasteiger partial charge < -0.3 is 29.7 Å². The molecular formula is C37H38MgN4O6. The Kier molecular flexibility index (Phi) is 9.93. The summed E-state index contributed by atoms with van der Waals surface area (Å²) in [6.45, 7) is 13.9. The fraction of sp³-hybridized carbons (Fsp3) is 0.351. The molecule has 3 aromatic rings. The molecule has 3 aromatic heterocycles. The molecule has 0 amide bonds. The summed E-state index contributed by atoms with van der Waals surface area (Å²) in [7, 11) is 1.25. The van der Waals surface area contributed by atoms with Gasteiger partial charge in [-0.15, -0.1) is 11.4 Å². The third kappa shape index (κ3) is 5.52. The van der Waals surface area contributed by atoms with Crippen LogP contribution in [0.3, 0.4) is 0 Å². The molecule has 0 aromatic carbocycles. The van der Waals surface area contributed by atoms with Crippen molar-refractivity contribution < 1.29 is 28.7 Å². The number of allylic oxidation sites excluding steroid dienone is 1. The minimum Gasteiger partial charge on any atom is -0.681 e. The van der Waals surface area contributed by atoms with Gasteiger partial charge in [-0.3, -0.25) is 14.4 Å². The standard InChI is InChI=1S/C37H40N4O6.Mg/c1-8-20-17(4)24-13-25-18(5)22(11-12-30(43)47-10-3)34(40-25)32-33(37(45)46-7)36(44)31-19(6)26(41-35(31)32)14-28-21(9-2)23(16-42)29(39-28)15-27(20)38-24;/h8,13-16,18,22,34H,1,9-12H2,2-7H3,(H4,38,39,40,41,42,44,45);/q;+2/p-2/t18-,22-,34?;/m0./s1. The molecule has 1 fully saturated rings. The molecule has 6 rings (SSSR count). The number of aromatic nitrogens is 3. The van der Waals surface area contributed by atoms with Crippen LogP contribution in [-0.4, -0.2) is 76.8 Å². The van der Waals surface area contributed by atoms with Crippen molar-refractivity contribution in [2.45, 2.75) is 59.9 Å². The van der Waals surface area contributed by atoms with E-state index in [-0.39, 0.29) is 59.5 Å². The van der Waals surface area contributed by atoms with Gasteiger partial charge in [0, 0.05) is 28.4 Å². The number of Topliss-reactive ketones (excluding diaryl/α,β-unsaturated/α-hetero) is 1. The third-order valence-corrected chi connectivity index (χ3v) is 9.80. The number of fused-ring (bicyclic) bond motifs is 8. The van der Waals surface area contributed by atoms with E-state index in [0.29, 0.717) is 63.2 Å². The Morgan fingerprint density at radius 2 is 1.79 bits per heavy atom. The summed E-state index contributed by atoms with van der Waals surface area (Å²) in [5, 5.41) is 6.52. The molecule has 1 aliphatic carbocycles. The predicted octanol–water partition coefficient (Wildman–Crippen LogP) is 4.04. The number of carbonyl (C=O) groups excluding carboxylic acids is 4. The van der Waals surface area contributed by atoms with E-state index in [1.807, 2.05) is 45.9 Å². The second kappa shape index (κ2) is 13.6. The van der Waals surface area contributed by atoms with Crippen molar-refractivity contribution in [1.82, 2.24) is 15.0 Å². The van der Waals surface area contributed by atoms with Gasteiger partial charge >= 0.3 is 35.0 Å². The summed E-state index contributed by atoms with van der Waals surface area (Å²) in [4.78, 5) is 64.2. The number of ether oxygens (including phenoxy) is 2. The largest absolute Gasteiger partial charge is 2.00 e. The number of carbonyl (C=O) groups is 4. The van der Waals surface area contributed by atoms with Crippen LogP contribution in [0.1, 0.15) is 99.4 Å². The third-order valence-electron chi connectivity index (χ3n) is 9.80. The first-order chi connectivity index (χ1) is 22.6. The zero-order valence-electron chi connectivity index (χ0n) is 28.2. The van der Waals surface area contributed by atoms with E-state index in [1.165, 1.54) is 7.11 Å². The second-order valence-corrected chi connectivity index (χ2v) is 12.2. The number of aldehydes is 1. The fourth-order valence-corrected chi connectivity index (χ4v) is 7.34. The minimum absolute atomic E-state index is 0. The number of ketones is 1. The number of rotatable bonds is 8. The second-order valence-electron chi connectivity index (χ2n) is 12.2. The van der Waals surface area contributed by atoms with Gasteiger partial charge in [0.15, 0.2) is 6.29 Å². The molecule has 5 heterocycles. The van der Waals surface area contributed by atoms with Crippen molar-refractivity contribution in [3.8, 4) is 0 Å². The Bertz CT molecular complexity index is 2060. The van der Waals surface area contributed by atoms with E-state index in [1.54, 1.807) is 13.0 Å². The van der Waals surface area contributed by atoms with Crippen LogP contribution in [0.15, 0.2) is 17.8 Å². The molecule has 2 N–H and O–H groups in total. The van der Waals surface area contributed by atoms with Gasteiger partial charge in [-0.2, -0.15) is 5.70 Å². The summed E-state index contributed by atoms with van der Waals surface area (Å²) in [5.74, 6) is -1.88. The Morgan fingerprint density at radius 3 is 2.44 bits per heavy atom. The maximum absolute atomic E-state index is 14.1. The van der Waals surface area contributed by atoms with Gasteiger partial charge in [-0.1, -0.05) is 50.3 Å². The molecule has 11 heteroatoms. The van der Waals surface area contributed by atoms with Crippen LogP contribution in [0.2, 0.25) is 0 Å². The molecule has 8 bridgehead atoms. The molecular weight excluding hydrogens is 621 g/mol. The Labute approximate surface area is 295 Å². The van der Waals surface area contributed by atoms with Crippen molar-refractivity contribution >= 4 is 76.9 Å². The van der Waals surface area contributed by atoms with Crippen molar-refractivity contribution in [3.63, 3.8) is 0 Å².